The van der Waals surface area contributed by atoms with Crippen molar-refractivity contribution in [1.82, 2.24) is 9.80 Å². The molecule has 122 valence electrons. The number of hydrogen-bond donors (Lipinski definition) is 2. The molecule has 1 fully saturated rings. The molecule has 5 nitrogen and oxygen atoms in total. The topological polar surface area (TPSA) is 55.8 Å². The van der Waals surface area contributed by atoms with Crippen molar-refractivity contribution in [2.45, 2.75) is 26.7 Å². The van der Waals surface area contributed by atoms with Gasteiger partial charge < -0.3 is 15.3 Å². The predicted molar refractivity (Wildman–Crippen MR) is 89.3 cm³/mol. The molecule has 0 bridgehead atoms. The van der Waals surface area contributed by atoms with Crippen LogP contribution < -0.4 is 5.32 Å². The summed E-state index contributed by atoms with van der Waals surface area (Å²) in [7, 11) is 0. The van der Waals surface area contributed by atoms with Crippen LogP contribution in [0.2, 0.25) is 0 Å². The number of carbonyl (C=O) groups excluding carboxylic acids is 1. The summed E-state index contributed by atoms with van der Waals surface area (Å²) in [6.07, 6.45) is 2.00. The van der Waals surface area contributed by atoms with E-state index in [1.807, 2.05) is 11.0 Å². The summed E-state index contributed by atoms with van der Waals surface area (Å²) < 4.78 is 0. The zero-order valence-corrected chi connectivity index (χ0v) is 13.6. The lowest BCUT2D eigenvalue weighted by Crippen LogP contribution is -2.50. The van der Waals surface area contributed by atoms with Crippen molar-refractivity contribution in [3.05, 3.63) is 29.3 Å². The van der Waals surface area contributed by atoms with Crippen LogP contribution in [0.15, 0.2) is 18.2 Å². The third-order valence-electron chi connectivity index (χ3n) is 4.30. The van der Waals surface area contributed by atoms with Gasteiger partial charge in [-0.1, -0.05) is 19.9 Å². The fourth-order valence-corrected chi connectivity index (χ4v) is 2.90. The van der Waals surface area contributed by atoms with Gasteiger partial charge in [0.05, 0.1) is 6.61 Å². The Hall–Kier alpha value is -1.59. The molecule has 2 rings (SSSR count). The molecular weight excluding hydrogens is 278 g/mol. The first kappa shape index (κ1) is 16.8. The number of aliphatic hydroxyl groups excluding tert-OH is 1. The number of rotatable bonds is 5. The third-order valence-corrected chi connectivity index (χ3v) is 4.30. The van der Waals surface area contributed by atoms with Crippen LogP contribution in [0.5, 0.6) is 0 Å². The van der Waals surface area contributed by atoms with Gasteiger partial charge in [-0.2, -0.15) is 0 Å². The molecule has 1 aromatic carbocycles. The average molecular weight is 305 g/mol. The van der Waals surface area contributed by atoms with Crippen molar-refractivity contribution in [1.29, 1.82) is 0 Å². The molecule has 1 aromatic rings. The SMILES string of the molecule is CCc1ccc(NC(=O)N2CCN(CCO)CC2)cc1CC. The number of piperazine rings is 1. The number of aliphatic hydroxyl groups is 1. The monoisotopic (exact) mass is 305 g/mol. The first-order valence-corrected chi connectivity index (χ1v) is 8.18. The normalized spacial score (nSPS) is 15.9. The number of hydrogen-bond acceptors (Lipinski definition) is 3. The second-order valence-corrected chi connectivity index (χ2v) is 5.67. The Bertz CT molecular complexity index is 497. The van der Waals surface area contributed by atoms with Gasteiger partial charge in [-0.25, -0.2) is 4.79 Å². The Labute approximate surface area is 132 Å². The largest absolute Gasteiger partial charge is 0.395 e. The van der Waals surface area contributed by atoms with Crippen molar-refractivity contribution in [2.75, 3.05) is 44.6 Å². The summed E-state index contributed by atoms with van der Waals surface area (Å²) >= 11 is 0. The van der Waals surface area contributed by atoms with Gasteiger partial charge in [0, 0.05) is 38.4 Å². The van der Waals surface area contributed by atoms with Crippen molar-refractivity contribution in [2.24, 2.45) is 0 Å². The molecule has 0 aliphatic carbocycles. The zero-order valence-electron chi connectivity index (χ0n) is 13.6. The highest BCUT2D eigenvalue weighted by molar-refractivity contribution is 5.89. The number of aryl methyl sites for hydroxylation is 2. The molecule has 0 spiro atoms. The highest BCUT2D eigenvalue weighted by atomic mass is 16.3. The van der Waals surface area contributed by atoms with E-state index >= 15 is 0 Å². The molecule has 22 heavy (non-hydrogen) atoms. The van der Waals surface area contributed by atoms with Gasteiger partial charge in [0.25, 0.3) is 0 Å². The highest BCUT2D eigenvalue weighted by Gasteiger charge is 2.20. The van der Waals surface area contributed by atoms with E-state index in [4.69, 9.17) is 5.11 Å². The lowest BCUT2D eigenvalue weighted by Gasteiger charge is -2.34. The van der Waals surface area contributed by atoms with E-state index in [0.29, 0.717) is 19.6 Å². The van der Waals surface area contributed by atoms with E-state index in [9.17, 15) is 4.79 Å². The molecule has 0 unspecified atom stereocenters. The van der Waals surface area contributed by atoms with Crippen LogP contribution in [0.25, 0.3) is 0 Å². The van der Waals surface area contributed by atoms with Gasteiger partial charge in [-0.15, -0.1) is 0 Å². The molecule has 0 atom stereocenters. The minimum atomic E-state index is -0.0325. The van der Waals surface area contributed by atoms with Crippen LogP contribution in [0.4, 0.5) is 10.5 Å². The summed E-state index contributed by atoms with van der Waals surface area (Å²) in [5.74, 6) is 0. The number of β-amino-alcohol motifs (C(OH)–C–C–N with tert-alkyl or cyclic N) is 1. The van der Waals surface area contributed by atoms with Crippen LogP contribution in [0.1, 0.15) is 25.0 Å². The molecule has 2 amide bonds. The number of nitrogens with one attached hydrogen (secondary N) is 1. The number of urea groups is 1. The predicted octanol–water partition coefficient (Wildman–Crippen LogP) is 1.95. The quantitative estimate of drug-likeness (QED) is 0.874. The highest BCUT2D eigenvalue weighted by Crippen LogP contribution is 2.18. The van der Waals surface area contributed by atoms with E-state index in [0.717, 1.165) is 31.6 Å². The third kappa shape index (κ3) is 4.21. The van der Waals surface area contributed by atoms with Crippen molar-refractivity contribution in [3.8, 4) is 0 Å². The van der Waals surface area contributed by atoms with E-state index in [1.54, 1.807) is 0 Å². The Balaban J connectivity index is 1.92. The Morgan fingerprint density at radius 3 is 2.41 bits per heavy atom. The van der Waals surface area contributed by atoms with Gasteiger partial charge in [0.15, 0.2) is 0 Å². The molecular formula is C17H27N3O2. The van der Waals surface area contributed by atoms with Crippen LogP contribution in [-0.4, -0.2) is 60.3 Å². The number of amides is 2. The van der Waals surface area contributed by atoms with E-state index in [-0.39, 0.29) is 12.6 Å². The van der Waals surface area contributed by atoms with Crippen molar-refractivity contribution >= 4 is 11.7 Å². The molecule has 0 radical (unpaired) electrons. The zero-order chi connectivity index (χ0) is 15.9. The van der Waals surface area contributed by atoms with Gasteiger partial charge >= 0.3 is 6.03 Å². The second kappa shape index (κ2) is 8.15. The smallest absolute Gasteiger partial charge is 0.321 e. The molecule has 1 aliphatic rings. The van der Waals surface area contributed by atoms with Crippen LogP contribution in [0.3, 0.4) is 0 Å². The number of nitrogens with zero attached hydrogens (tertiary/aromatic N) is 2. The van der Waals surface area contributed by atoms with Crippen LogP contribution in [-0.2, 0) is 12.8 Å². The number of benzene rings is 1. The molecule has 5 heteroatoms. The Kier molecular flexibility index (Phi) is 6.21. The first-order chi connectivity index (χ1) is 10.7. The number of anilines is 1. The molecule has 1 saturated heterocycles. The summed E-state index contributed by atoms with van der Waals surface area (Å²) in [5.41, 5.74) is 3.52. The standard InChI is InChI=1S/C17H27N3O2/c1-3-14-5-6-16(13-15(14)4-2)18-17(22)20-9-7-19(8-10-20)11-12-21/h5-6,13,21H,3-4,7-12H2,1-2H3,(H,18,22). The maximum atomic E-state index is 12.3. The van der Waals surface area contributed by atoms with Crippen molar-refractivity contribution < 1.29 is 9.90 Å². The van der Waals surface area contributed by atoms with E-state index in [1.165, 1.54) is 11.1 Å². The van der Waals surface area contributed by atoms with Gasteiger partial charge in [0.2, 0.25) is 0 Å². The van der Waals surface area contributed by atoms with E-state index < -0.39 is 0 Å². The fraction of sp³-hybridized carbons (Fsp3) is 0.588. The van der Waals surface area contributed by atoms with Gasteiger partial charge in [-0.3, -0.25) is 4.90 Å². The maximum absolute atomic E-state index is 12.3. The Morgan fingerprint density at radius 1 is 1.14 bits per heavy atom. The molecule has 0 saturated carbocycles. The average Bonchev–Trinajstić information content (AvgIpc) is 2.55. The van der Waals surface area contributed by atoms with E-state index in [2.05, 4.69) is 36.2 Å². The number of carbonyl (C=O) groups is 1. The summed E-state index contributed by atoms with van der Waals surface area (Å²) in [6, 6.07) is 6.14. The second-order valence-electron chi connectivity index (χ2n) is 5.67. The van der Waals surface area contributed by atoms with Crippen molar-refractivity contribution in [3.63, 3.8) is 0 Å². The van der Waals surface area contributed by atoms with Crippen LogP contribution in [0, 0.1) is 0 Å². The fourth-order valence-electron chi connectivity index (χ4n) is 2.90. The molecule has 2 N–H and O–H groups in total. The molecule has 0 aromatic heterocycles. The maximum Gasteiger partial charge on any atom is 0.321 e. The van der Waals surface area contributed by atoms with Crippen LogP contribution >= 0.6 is 0 Å². The summed E-state index contributed by atoms with van der Waals surface area (Å²) in [6.45, 7) is 8.22. The summed E-state index contributed by atoms with van der Waals surface area (Å²) in [5, 5.41) is 11.9. The first-order valence-electron chi connectivity index (χ1n) is 8.18. The van der Waals surface area contributed by atoms with Gasteiger partial charge in [0.1, 0.15) is 0 Å². The minimum absolute atomic E-state index is 0.0325. The molecule has 1 heterocycles. The molecule has 1 aliphatic heterocycles. The van der Waals surface area contributed by atoms with Gasteiger partial charge in [-0.05, 0) is 36.1 Å². The lowest BCUT2D eigenvalue weighted by molar-refractivity contribution is 0.127. The summed E-state index contributed by atoms with van der Waals surface area (Å²) in [4.78, 5) is 16.3. The lowest BCUT2D eigenvalue weighted by atomic mass is 10.0. The Morgan fingerprint density at radius 2 is 1.82 bits per heavy atom. The minimum Gasteiger partial charge on any atom is -0.395 e.